The third-order valence-electron chi connectivity index (χ3n) is 3.93. The number of hydrogen-bond donors (Lipinski definition) is 2. The van der Waals surface area contributed by atoms with Gasteiger partial charge in [0.05, 0.1) is 0 Å². The number of aromatic nitrogens is 2. The minimum atomic E-state index is -0.380. The van der Waals surface area contributed by atoms with Crippen molar-refractivity contribution in [3.63, 3.8) is 0 Å². The summed E-state index contributed by atoms with van der Waals surface area (Å²) in [4.78, 5) is 31.6. The highest BCUT2D eigenvalue weighted by Gasteiger charge is 2.27. The van der Waals surface area contributed by atoms with Crippen molar-refractivity contribution in [2.24, 2.45) is 0 Å². The summed E-state index contributed by atoms with van der Waals surface area (Å²) in [5, 5.41) is 5.55. The largest absolute Gasteiger partial charge is 0.358 e. The Labute approximate surface area is 117 Å². The van der Waals surface area contributed by atoms with Crippen LogP contribution in [0.1, 0.15) is 43.4 Å². The monoisotopic (exact) mass is 274 g/mol. The molecule has 2 aliphatic rings. The van der Waals surface area contributed by atoms with Gasteiger partial charge in [0.15, 0.2) is 0 Å². The normalized spacial score (nSPS) is 22.7. The molecule has 2 amide bonds. The van der Waals surface area contributed by atoms with Crippen LogP contribution in [0.25, 0.3) is 0 Å². The topological polar surface area (TPSA) is 84.0 Å². The third kappa shape index (κ3) is 2.64. The van der Waals surface area contributed by atoms with Crippen LogP contribution in [0.2, 0.25) is 0 Å². The van der Waals surface area contributed by atoms with Gasteiger partial charge in [-0.15, -0.1) is 0 Å². The quantitative estimate of drug-likeness (QED) is 0.620. The zero-order valence-electron chi connectivity index (χ0n) is 11.3. The van der Waals surface area contributed by atoms with Crippen LogP contribution in [-0.2, 0) is 22.4 Å². The predicted molar refractivity (Wildman–Crippen MR) is 73.1 cm³/mol. The summed E-state index contributed by atoms with van der Waals surface area (Å²) in [6, 6.07) is -0.380. The van der Waals surface area contributed by atoms with E-state index in [2.05, 4.69) is 20.6 Å². The molecule has 3 rings (SSSR count). The van der Waals surface area contributed by atoms with Gasteiger partial charge in [-0.2, -0.15) is 0 Å². The second-order valence-electron chi connectivity index (χ2n) is 5.36. The Bertz CT molecular complexity index is 544. The molecule has 106 valence electrons. The molecule has 6 heteroatoms. The number of anilines is 1. The highest BCUT2D eigenvalue weighted by Crippen LogP contribution is 2.25. The van der Waals surface area contributed by atoms with Gasteiger partial charge in [0.2, 0.25) is 11.8 Å². The molecule has 0 saturated carbocycles. The fraction of sp³-hybridized carbons (Fsp3) is 0.571. The number of rotatable bonds is 2. The summed E-state index contributed by atoms with van der Waals surface area (Å²) >= 11 is 0. The highest BCUT2D eigenvalue weighted by molar-refractivity contribution is 6.01. The number of hydrogen-bond acceptors (Lipinski definition) is 5. The summed E-state index contributed by atoms with van der Waals surface area (Å²) in [6.45, 7) is 0. The van der Waals surface area contributed by atoms with E-state index >= 15 is 0 Å². The summed E-state index contributed by atoms with van der Waals surface area (Å²) in [6.07, 6.45) is 7.85. The fourth-order valence-corrected chi connectivity index (χ4v) is 2.82. The molecule has 1 aliphatic heterocycles. The number of imide groups is 1. The molecular weight excluding hydrogens is 256 g/mol. The van der Waals surface area contributed by atoms with Crippen molar-refractivity contribution in [3.05, 3.63) is 17.6 Å². The lowest BCUT2D eigenvalue weighted by Crippen LogP contribution is -2.47. The van der Waals surface area contributed by atoms with E-state index in [1.165, 1.54) is 6.42 Å². The third-order valence-corrected chi connectivity index (χ3v) is 3.93. The number of carbonyl (C=O) groups excluding carboxylic acids is 2. The Morgan fingerprint density at radius 3 is 2.80 bits per heavy atom. The van der Waals surface area contributed by atoms with Crippen molar-refractivity contribution in [2.45, 2.75) is 51.0 Å². The van der Waals surface area contributed by atoms with Crippen LogP contribution in [0.4, 0.5) is 5.82 Å². The van der Waals surface area contributed by atoms with Gasteiger partial charge in [-0.3, -0.25) is 14.9 Å². The zero-order chi connectivity index (χ0) is 13.9. The molecule has 1 aromatic heterocycles. The first-order valence-corrected chi connectivity index (χ1v) is 7.17. The molecule has 20 heavy (non-hydrogen) atoms. The molecule has 1 saturated heterocycles. The van der Waals surface area contributed by atoms with E-state index in [9.17, 15) is 9.59 Å². The lowest BCUT2D eigenvalue weighted by Gasteiger charge is -2.23. The van der Waals surface area contributed by atoms with Gasteiger partial charge in [-0.1, -0.05) is 6.42 Å². The molecule has 1 fully saturated rings. The number of carbonyl (C=O) groups is 2. The molecular formula is C14H18N4O2. The van der Waals surface area contributed by atoms with E-state index < -0.39 is 0 Å². The molecule has 1 atom stereocenters. The van der Waals surface area contributed by atoms with E-state index in [0.717, 1.165) is 42.8 Å². The van der Waals surface area contributed by atoms with E-state index in [1.807, 2.05) is 0 Å². The first-order valence-electron chi connectivity index (χ1n) is 7.17. The second-order valence-corrected chi connectivity index (χ2v) is 5.36. The fourth-order valence-electron chi connectivity index (χ4n) is 2.82. The highest BCUT2D eigenvalue weighted by atomic mass is 16.2. The zero-order valence-corrected chi connectivity index (χ0v) is 11.3. The van der Waals surface area contributed by atoms with Gasteiger partial charge in [-0.05, 0) is 32.1 Å². The average Bonchev–Trinajstić information content (AvgIpc) is 2.68. The van der Waals surface area contributed by atoms with Gasteiger partial charge in [0.25, 0.3) is 0 Å². The van der Waals surface area contributed by atoms with Crippen molar-refractivity contribution in [1.82, 2.24) is 15.3 Å². The molecule has 1 aliphatic carbocycles. The SMILES string of the molecule is O=C1CCC(Nc2ncnc3c2CCCCC3)C(=O)N1. The van der Waals surface area contributed by atoms with Gasteiger partial charge in [-0.25, -0.2) is 9.97 Å². The van der Waals surface area contributed by atoms with Crippen molar-refractivity contribution < 1.29 is 9.59 Å². The summed E-state index contributed by atoms with van der Waals surface area (Å²) in [5.74, 6) is 0.295. The van der Waals surface area contributed by atoms with Crippen molar-refractivity contribution in [3.8, 4) is 0 Å². The maximum absolute atomic E-state index is 11.8. The lowest BCUT2D eigenvalue weighted by molar-refractivity contribution is -0.133. The van der Waals surface area contributed by atoms with E-state index in [1.54, 1.807) is 6.33 Å². The maximum atomic E-state index is 11.8. The number of nitrogens with one attached hydrogen (secondary N) is 2. The Morgan fingerprint density at radius 2 is 1.95 bits per heavy atom. The Balaban J connectivity index is 1.80. The van der Waals surface area contributed by atoms with Crippen LogP contribution in [0.3, 0.4) is 0 Å². The smallest absolute Gasteiger partial charge is 0.249 e. The average molecular weight is 274 g/mol. The van der Waals surface area contributed by atoms with Crippen LogP contribution in [-0.4, -0.2) is 27.8 Å². The van der Waals surface area contributed by atoms with E-state index in [4.69, 9.17) is 0 Å². The second kappa shape index (κ2) is 5.56. The Kier molecular flexibility index (Phi) is 3.62. The maximum Gasteiger partial charge on any atom is 0.249 e. The molecule has 0 radical (unpaired) electrons. The van der Waals surface area contributed by atoms with Gasteiger partial charge in [0, 0.05) is 17.7 Å². The number of fused-ring (bicyclic) bond motifs is 1. The van der Waals surface area contributed by atoms with Crippen LogP contribution in [0.5, 0.6) is 0 Å². The summed E-state index contributed by atoms with van der Waals surface area (Å²) in [5.41, 5.74) is 2.22. The first kappa shape index (κ1) is 13.0. The standard InChI is InChI=1S/C14H18N4O2/c19-12-7-6-11(14(20)18-12)17-13-9-4-2-1-3-5-10(9)15-8-16-13/h8,11H,1-7H2,(H,15,16,17)(H,18,19,20). The van der Waals surface area contributed by atoms with Gasteiger partial charge in [0.1, 0.15) is 18.2 Å². The molecule has 1 aromatic rings. The molecule has 0 spiro atoms. The molecule has 6 nitrogen and oxygen atoms in total. The van der Waals surface area contributed by atoms with E-state index in [0.29, 0.717) is 12.8 Å². The predicted octanol–water partition coefficient (Wildman–Crippen LogP) is 0.963. The van der Waals surface area contributed by atoms with Crippen LogP contribution in [0, 0.1) is 0 Å². The number of piperidine rings is 1. The summed E-state index contributed by atoms with van der Waals surface area (Å²) in [7, 11) is 0. The molecule has 2 N–H and O–H groups in total. The van der Waals surface area contributed by atoms with E-state index in [-0.39, 0.29) is 17.9 Å². The van der Waals surface area contributed by atoms with Crippen molar-refractivity contribution in [1.29, 1.82) is 0 Å². The van der Waals surface area contributed by atoms with Crippen LogP contribution >= 0.6 is 0 Å². The number of nitrogens with zero attached hydrogens (tertiary/aromatic N) is 2. The number of aryl methyl sites for hydroxylation is 1. The first-order chi connectivity index (χ1) is 9.74. The van der Waals surface area contributed by atoms with Crippen molar-refractivity contribution >= 4 is 17.6 Å². The van der Waals surface area contributed by atoms with Gasteiger partial charge >= 0.3 is 0 Å². The number of amides is 2. The molecule has 0 aromatic carbocycles. The van der Waals surface area contributed by atoms with Crippen LogP contribution in [0.15, 0.2) is 6.33 Å². The minimum Gasteiger partial charge on any atom is -0.358 e. The Hall–Kier alpha value is -1.98. The summed E-state index contributed by atoms with van der Waals surface area (Å²) < 4.78 is 0. The minimum absolute atomic E-state index is 0.199. The van der Waals surface area contributed by atoms with Gasteiger partial charge < -0.3 is 5.32 Å². The molecule has 0 bridgehead atoms. The lowest BCUT2D eigenvalue weighted by atomic mass is 10.0. The Morgan fingerprint density at radius 1 is 1.10 bits per heavy atom. The van der Waals surface area contributed by atoms with Crippen LogP contribution < -0.4 is 10.6 Å². The van der Waals surface area contributed by atoms with Crippen molar-refractivity contribution in [2.75, 3.05) is 5.32 Å². The molecule has 1 unspecified atom stereocenters. The molecule has 2 heterocycles.